The van der Waals surface area contributed by atoms with Gasteiger partial charge in [-0.05, 0) is 54.4 Å². The second kappa shape index (κ2) is 9.59. The Morgan fingerprint density at radius 3 is 2.55 bits per heavy atom. The number of carbonyl (C=O) groups is 1. The van der Waals surface area contributed by atoms with Gasteiger partial charge in [0, 0.05) is 43.8 Å². The zero-order chi connectivity index (χ0) is 20.6. The number of hydrogen-bond acceptors (Lipinski definition) is 5. The van der Waals surface area contributed by atoms with Crippen molar-refractivity contribution in [2.45, 2.75) is 6.42 Å². The molecule has 2 aromatic carbocycles. The number of para-hydroxylation sites is 1. The van der Waals surface area contributed by atoms with Crippen molar-refractivity contribution in [3.8, 4) is 5.75 Å². The first-order valence-corrected chi connectivity index (χ1v) is 9.47. The highest BCUT2D eigenvalue weighted by atomic mass is 16.5. The fraction of sp³-hybridized carbons (Fsp3) is 0.217. The molecule has 0 atom stereocenters. The first-order valence-electron chi connectivity index (χ1n) is 9.47. The fourth-order valence-electron chi connectivity index (χ4n) is 2.95. The van der Waals surface area contributed by atoms with Crippen LogP contribution in [-0.2, 0) is 6.42 Å². The Labute approximate surface area is 171 Å². The molecule has 3 rings (SSSR count). The maximum Gasteiger partial charge on any atom is 0.255 e. The number of rotatable bonds is 8. The van der Waals surface area contributed by atoms with Gasteiger partial charge in [0.2, 0.25) is 0 Å². The van der Waals surface area contributed by atoms with Crippen molar-refractivity contribution in [2.24, 2.45) is 0 Å². The minimum atomic E-state index is -0.169. The smallest absolute Gasteiger partial charge is 0.255 e. The van der Waals surface area contributed by atoms with E-state index in [9.17, 15) is 4.79 Å². The molecule has 0 saturated heterocycles. The predicted molar refractivity (Wildman–Crippen MR) is 118 cm³/mol. The second-order valence-corrected chi connectivity index (χ2v) is 6.81. The van der Waals surface area contributed by atoms with Crippen LogP contribution in [0.25, 0.3) is 0 Å². The summed E-state index contributed by atoms with van der Waals surface area (Å²) in [6.45, 7) is 0.685. The van der Waals surface area contributed by atoms with E-state index in [1.807, 2.05) is 67.5 Å². The van der Waals surface area contributed by atoms with E-state index in [0.29, 0.717) is 17.9 Å². The van der Waals surface area contributed by atoms with Gasteiger partial charge in [-0.2, -0.15) is 0 Å². The molecule has 3 aromatic rings. The number of ether oxygens (including phenoxy) is 1. The van der Waals surface area contributed by atoms with Gasteiger partial charge < -0.3 is 20.3 Å². The maximum atomic E-state index is 12.6. The average molecular weight is 390 g/mol. The summed E-state index contributed by atoms with van der Waals surface area (Å²) in [6.07, 6.45) is 2.43. The van der Waals surface area contributed by atoms with Crippen LogP contribution in [-0.4, -0.2) is 38.6 Å². The number of aromatic nitrogens is 1. The van der Waals surface area contributed by atoms with Gasteiger partial charge in [-0.15, -0.1) is 0 Å². The number of pyridine rings is 1. The highest BCUT2D eigenvalue weighted by molar-refractivity contribution is 6.04. The molecule has 0 fully saturated rings. The lowest BCUT2D eigenvalue weighted by molar-refractivity contribution is 0.102. The van der Waals surface area contributed by atoms with Gasteiger partial charge in [0.15, 0.2) is 0 Å². The summed E-state index contributed by atoms with van der Waals surface area (Å²) in [6, 6.07) is 19.1. The molecule has 0 aliphatic carbocycles. The molecule has 0 unspecified atom stereocenters. The minimum Gasteiger partial charge on any atom is -0.496 e. The van der Waals surface area contributed by atoms with Crippen LogP contribution in [0, 0.1) is 0 Å². The summed E-state index contributed by atoms with van der Waals surface area (Å²) in [7, 11) is 5.63. The lowest BCUT2D eigenvalue weighted by atomic mass is 10.1. The Balaban J connectivity index is 1.59. The Morgan fingerprint density at radius 1 is 1.07 bits per heavy atom. The number of carbonyl (C=O) groups excluding carboxylic acids is 1. The van der Waals surface area contributed by atoms with Gasteiger partial charge in [0.1, 0.15) is 11.6 Å². The van der Waals surface area contributed by atoms with Crippen molar-refractivity contribution < 1.29 is 9.53 Å². The number of methoxy groups -OCH3 is 1. The van der Waals surface area contributed by atoms with E-state index in [0.717, 1.165) is 29.1 Å². The number of nitrogens with one attached hydrogen (secondary N) is 2. The van der Waals surface area contributed by atoms with E-state index < -0.39 is 0 Å². The Hall–Kier alpha value is -3.54. The maximum absolute atomic E-state index is 12.6. The summed E-state index contributed by atoms with van der Waals surface area (Å²) < 4.78 is 5.38. The SMILES string of the molecule is COc1ccccc1CCNc1cc(C(=O)Nc2ccc(N(C)C)cc2)ccn1. The molecule has 2 N–H and O–H groups in total. The number of anilines is 3. The van der Waals surface area contributed by atoms with Gasteiger partial charge in [-0.1, -0.05) is 18.2 Å². The molecule has 1 amide bonds. The van der Waals surface area contributed by atoms with Gasteiger partial charge in [-0.3, -0.25) is 4.79 Å². The number of benzene rings is 2. The first-order chi connectivity index (χ1) is 14.1. The fourth-order valence-corrected chi connectivity index (χ4v) is 2.95. The third kappa shape index (κ3) is 5.48. The summed E-state index contributed by atoms with van der Waals surface area (Å²) in [4.78, 5) is 18.9. The summed E-state index contributed by atoms with van der Waals surface area (Å²) in [5.74, 6) is 1.36. The van der Waals surface area contributed by atoms with Crippen LogP contribution in [0.1, 0.15) is 15.9 Å². The summed E-state index contributed by atoms with van der Waals surface area (Å²) in [5.41, 5.74) is 3.51. The molecule has 0 bridgehead atoms. The van der Waals surface area contributed by atoms with Crippen LogP contribution in [0.15, 0.2) is 66.9 Å². The first kappa shape index (κ1) is 20.2. The zero-order valence-electron chi connectivity index (χ0n) is 17.0. The number of nitrogens with zero attached hydrogens (tertiary/aromatic N) is 2. The van der Waals surface area contributed by atoms with E-state index in [2.05, 4.69) is 15.6 Å². The second-order valence-electron chi connectivity index (χ2n) is 6.81. The number of amides is 1. The van der Waals surface area contributed by atoms with Crippen molar-refractivity contribution in [1.82, 2.24) is 4.98 Å². The molecule has 0 aliphatic heterocycles. The quantitative estimate of drug-likeness (QED) is 0.607. The summed E-state index contributed by atoms with van der Waals surface area (Å²) in [5, 5.41) is 6.19. The standard InChI is InChI=1S/C23H26N4O2/c1-27(2)20-10-8-19(9-11-20)26-23(28)18-13-15-25-22(16-18)24-14-12-17-6-4-5-7-21(17)29-3/h4-11,13,15-16H,12,14H2,1-3H3,(H,24,25)(H,26,28). The van der Waals surface area contributed by atoms with E-state index in [1.165, 1.54) is 0 Å². The molecule has 29 heavy (non-hydrogen) atoms. The lowest BCUT2D eigenvalue weighted by Gasteiger charge is -2.13. The Kier molecular flexibility index (Phi) is 6.68. The van der Waals surface area contributed by atoms with Crippen LogP contribution in [0.3, 0.4) is 0 Å². The van der Waals surface area contributed by atoms with Crippen molar-refractivity contribution >= 4 is 23.1 Å². The molecule has 0 radical (unpaired) electrons. The van der Waals surface area contributed by atoms with Crippen LogP contribution in [0.5, 0.6) is 5.75 Å². The van der Waals surface area contributed by atoms with E-state index in [4.69, 9.17) is 4.74 Å². The monoisotopic (exact) mass is 390 g/mol. The minimum absolute atomic E-state index is 0.169. The van der Waals surface area contributed by atoms with Gasteiger partial charge >= 0.3 is 0 Å². The van der Waals surface area contributed by atoms with Gasteiger partial charge in [0.05, 0.1) is 7.11 Å². The molecule has 150 valence electrons. The third-order valence-electron chi connectivity index (χ3n) is 4.56. The normalized spacial score (nSPS) is 10.3. The molecule has 0 saturated carbocycles. The molecule has 0 aliphatic rings. The zero-order valence-corrected chi connectivity index (χ0v) is 17.0. The van der Waals surface area contributed by atoms with Crippen LogP contribution < -0.4 is 20.3 Å². The van der Waals surface area contributed by atoms with Crippen molar-refractivity contribution in [1.29, 1.82) is 0 Å². The molecule has 6 nitrogen and oxygen atoms in total. The van der Waals surface area contributed by atoms with Crippen LogP contribution in [0.2, 0.25) is 0 Å². The van der Waals surface area contributed by atoms with E-state index in [-0.39, 0.29) is 5.91 Å². The van der Waals surface area contributed by atoms with Gasteiger partial charge in [-0.25, -0.2) is 4.98 Å². The predicted octanol–water partition coefficient (Wildman–Crippen LogP) is 4.06. The van der Waals surface area contributed by atoms with Crippen LogP contribution in [0.4, 0.5) is 17.2 Å². The highest BCUT2D eigenvalue weighted by Gasteiger charge is 2.08. The van der Waals surface area contributed by atoms with Crippen molar-refractivity contribution in [2.75, 3.05) is 43.3 Å². The van der Waals surface area contributed by atoms with Gasteiger partial charge in [0.25, 0.3) is 5.91 Å². The molecular weight excluding hydrogens is 364 g/mol. The van der Waals surface area contributed by atoms with E-state index in [1.54, 1.807) is 25.4 Å². The molecule has 1 heterocycles. The third-order valence-corrected chi connectivity index (χ3v) is 4.56. The average Bonchev–Trinajstić information content (AvgIpc) is 2.74. The summed E-state index contributed by atoms with van der Waals surface area (Å²) >= 11 is 0. The van der Waals surface area contributed by atoms with Crippen LogP contribution >= 0.6 is 0 Å². The molecule has 1 aromatic heterocycles. The van der Waals surface area contributed by atoms with Crippen molar-refractivity contribution in [3.63, 3.8) is 0 Å². The molecule has 0 spiro atoms. The number of hydrogen-bond donors (Lipinski definition) is 2. The highest BCUT2D eigenvalue weighted by Crippen LogP contribution is 2.19. The molecular formula is C23H26N4O2. The Morgan fingerprint density at radius 2 is 1.83 bits per heavy atom. The van der Waals surface area contributed by atoms with E-state index >= 15 is 0 Å². The van der Waals surface area contributed by atoms with Crippen molar-refractivity contribution in [3.05, 3.63) is 78.0 Å². The Bertz CT molecular complexity index is 955. The topological polar surface area (TPSA) is 66.5 Å². The largest absolute Gasteiger partial charge is 0.496 e. The lowest BCUT2D eigenvalue weighted by Crippen LogP contribution is -2.14. The molecule has 6 heteroatoms.